The Bertz CT molecular complexity index is 529. The number of phenolic OH excluding ortho intramolecular Hbond substituents is 2. The van der Waals surface area contributed by atoms with E-state index in [2.05, 4.69) is 18.7 Å². The van der Waals surface area contributed by atoms with Crippen LogP contribution in [-0.2, 0) is 6.42 Å². The number of aliphatic hydroxyl groups is 1. The fourth-order valence-corrected chi connectivity index (χ4v) is 3.96. The summed E-state index contributed by atoms with van der Waals surface area (Å²) in [6.07, 6.45) is 2.38. The van der Waals surface area contributed by atoms with Crippen molar-refractivity contribution in [2.45, 2.75) is 45.3 Å². The number of hydrogen-bond acceptors (Lipinski definition) is 4. The van der Waals surface area contributed by atoms with Gasteiger partial charge in [0, 0.05) is 19.1 Å². The summed E-state index contributed by atoms with van der Waals surface area (Å²) in [7, 11) is 0. The van der Waals surface area contributed by atoms with E-state index < -0.39 is 0 Å². The lowest BCUT2D eigenvalue weighted by atomic mass is 9.79. The largest absolute Gasteiger partial charge is 0.504 e. The predicted octanol–water partition coefficient (Wildman–Crippen LogP) is 2.42. The van der Waals surface area contributed by atoms with Gasteiger partial charge >= 0.3 is 0 Å². The third kappa shape index (κ3) is 2.74. The summed E-state index contributed by atoms with van der Waals surface area (Å²) >= 11 is 0. The number of phenols is 2. The topological polar surface area (TPSA) is 63.9 Å². The standard InChI is InChI=1S/C17H25NO3/c1-10(2)5-12-9-18-4-3-11-6-16(20)17(21)7-13(11)14(18)8-15(12)19/h6-7,10,12,14-15,19-21H,3-5,8-9H2,1-2H3/t12-,14+,15-/m1/s1. The van der Waals surface area contributed by atoms with Crippen molar-refractivity contribution in [2.24, 2.45) is 11.8 Å². The van der Waals surface area contributed by atoms with Gasteiger partial charge in [-0.3, -0.25) is 4.90 Å². The van der Waals surface area contributed by atoms with E-state index in [1.54, 1.807) is 12.1 Å². The van der Waals surface area contributed by atoms with Gasteiger partial charge in [0.25, 0.3) is 0 Å². The monoisotopic (exact) mass is 291 g/mol. The second-order valence-electron chi connectivity index (χ2n) is 6.99. The molecule has 2 heterocycles. The number of nitrogens with zero attached hydrogens (tertiary/aromatic N) is 1. The second-order valence-corrected chi connectivity index (χ2v) is 6.99. The van der Waals surface area contributed by atoms with E-state index >= 15 is 0 Å². The fraction of sp³-hybridized carbons (Fsp3) is 0.647. The van der Waals surface area contributed by atoms with E-state index in [1.165, 1.54) is 0 Å². The zero-order valence-electron chi connectivity index (χ0n) is 12.8. The van der Waals surface area contributed by atoms with E-state index in [0.717, 1.165) is 37.1 Å². The van der Waals surface area contributed by atoms with E-state index in [0.29, 0.717) is 18.3 Å². The van der Waals surface area contributed by atoms with Gasteiger partial charge in [-0.15, -0.1) is 0 Å². The van der Waals surface area contributed by atoms with Crippen LogP contribution >= 0.6 is 0 Å². The van der Waals surface area contributed by atoms with Gasteiger partial charge in [-0.2, -0.15) is 0 Å². The average molecular weight is 291 g/mol. The van der Waals surface area contributed by atoms with Crippen LogP contribution in [0.4, 0.5) is 0 Å². The SMILES string of the molecule is CC(C)C[C@@H]1CN2CCc3cc(O)c(O)cc3[C@@H]2C[C@H]1O. The molecule has 3 atom stereocenters. The quantitative estimate of drug-likeness (QED) is 0.732. The molecule has 0 aromatic heterocycles. The number of piperidine rings is 1. The number of benzene rings is 1. The van der Waals surface area contributed by atoms with Crippen molar-refractivity contribution in [3.05, 3.63) is 23.3 Å². The summed E-state index contributed by atoms with van der Waals surface area (Å²) in [5.74, 6) is 0.832. The Morgan fingerprint density at radius 2 is 1.95 bits per heavy atom. The maximum Gasteiger partial charge on any atom is 0.157 e. The Balaban J connectivity index is 1.85. The molecule has 0 saturated carbocycles. The third-order valence-electron chi connectivity index (χ3n) is 4.96. The summed E-state index contributed by atoms with van der Waals surface area (Å²) in [5, 5.41) is 29.9. The first-order valence-electron chi connectivity index (χ1n) is 7.92. The molecule has 2 aliphatic rings. The molecule has 1 aromatic rings. The van der Waals surface area contributed by atoms with Crippen molar-refractivity contribution in [1.82, 2.24) is 4.90 Å². The van der Waals surface area contributed by atoms with Gasteiger partial charge in [0.15, 0.2) is 11.5 Å². The minimum absolute atomic E-state index is 0.0451. The molecule has 0 radical (unpaired) electrons. The molecule has 2 aliphatic heterocycles. The lowest BCUT2D eigenvalue weighted by Crippen LogP contribution is -2.48. The van der Waals surface area contributed by atoms with Gasteiger partial charge in [0.1, 0.15) is 0 Å². The molecule has 4 nitrogen and oxygen atoms in total. The summed E-state index contributed by atoms with van der Waals surface area (Å²) in [4.78, 5) is 2.43. The van der Waals surface area contributed by atoms with Gasteiger partial charge in [-0.05, 0) is 54.4 Å². The zero-order valence-corrected chi connectivity index (χ0v) is 12.8. The Labute approximate surface area is 126 Å². The first-order valence-corrected chi connectivity index (χ1v) is 7.92. The molecule has 0 aliphatic carbocycles. The summed E-state index contributed by atoms with van der Waals surface area (Å²) in [5.41, 5.74) is 2.17. The van der Waals surface area contributed by atoms with Crippen LogP contribution in [0.25, 0.3) is 0 Å². The van der Waals surface area contributed by atoms with Gasteiger partial charge in [0.2, 0.25) is 0 Å². The van der Waals surface area contributed by atoms with Crippen LogP contribution in [0.1, 0.15) is 43.9 Å². The highest BCUT2D eigenvalue weighted by Gasteiger charge is 2.38. The average Bonchev–Trinajstić information content (AvgIpc) is 2.41. The number of fused-ring (bicyclic) bond motifs is 3. The predicted molar refractivity (Wildman–Crippen MR) is 81.4 cm³/mol. The van der Waals surface area contributed by atoms with Crippen LogP contribution in [0.2, 0.25) is 0 Å². The lowest BCUT2D eigenvalue weighted by molar-refractivity contribution is -0.0191. The zero-order chi connectivity index (χ0) is 15.1. The molecule has 1 saturated heterocycles. The Morgan fingerprint density at radius 1 is 1.24 bits per heavy atom. The van der Waals surface area contributed by atoms with Crippen LogP contribution < -0.4 is 0 Å². The first kappa shape index (κ1) is 14.7. The molecule has 0 unspecified atom stereocenters. The minimum atomic E-state index is -0.282. The van der Waals surface area contributed by atoms with Gasteiger partial charge in [0.05, 0.1) is 6.10 Å². The molecule has 0 bridgehead atoms. The summed E-state index contributed by atoms with van der Waals surface area (Å²) in [6.45, 7) is 6.28. The maximum atomic E-state index is 10.5. The van der Waals surface area contributed by atoms with Gasteiger partial charge in [-0.25, -0.2) is 0 Å². The van der Waals surface area contributed by atoms with Crippen molar-refractivity contribution >= 4 is 0 Å². The van der Waals surface area contributed by atoms with Crippen molar-refractivity contribution in [3.8, 4) is 11.5 Å². The van der Waals surface area contributed by atoms with Crippen molar-refractivity contribution in [2.75, 3.05) is 13.1 Å². The van der Waals surface area contributed by atoms with Gasteiger partial charge in [-0.1, -0.05) is 13.8 Å². The maximum absolute atomic E-state index is 10.5. The third-order valence-corrected chi connectivity index (χ3v) is 4.96. The Kier molecular flexibility index (Phi) is 3.84. The molecular weight excluding hydrogens is 266 g/mol. The number of aromatic hydroxyl groups is 2. The highest BCUT2D eigenvalue weighted by Crippen LogP contribution is 2.42. The Hall–Kier alpha value is -1.26. The summed E-state index contributed by atoms with van der Waals surface area (Å²) in [6, 6.07) is 3.52. The summed E-state index contributed by atoms with van der Waals surface area (Å²) < 4.78 is 0. The smallest absolute Gasteiger partial charge is 0.157 e. The molecule has 0 spiro atoms. The molecule has 116 valence electrons. The number of hydrogen-bond donors (Lipinski definition) is 3. The molecule has 0 amide bonds. The molecular formula is C17H25NO3. The minimum Gasteiger partial charge on any atom is -0.504 e. The van der Waals surface area contributed by atoms with Crippen LogP contribution in [0.15, 0.2) is 12.1 Å². The molecule has 1 aromatic carbocycles. The fourth-order valence-electron chi connectivity index (χ4n) is 3.96. The van der Waals surface area contributed by atoms with E-state index in [-0.39, 0.29) is 23.6 Å². The van der Waals surface area contributed by atoms with Crippen LogP contribution in [0.5, 0.6) is 11.5 Å². The van der Waals surface area contributed by atoms with E-state index in [9.17, 15) is 15.3 Å². The Morgan fingerprint density at radius 3 is 2.67 bits per heavy atom. The molecule has 21 heavy (non-hydrogen) atoms. The number of rotatable bonds is 2. The highest BCUT2D eigenvalue weighted by molar-refractivity contribution is 5.48. The lowest BCUT2D eigenvalue weighted by Gasteiger charge is -2.46. The van der Waals surface area contributed by atoms with Gasteiger partial charge < -0.3 is 15.3 Å². The van der Waals surface area contributed by atoms with Crippen LogP contribution in [0.3, 0.4) is 0 Å². The van der Waals surface area contributed by atoms with Crippen LogP contribution in [-0.4, -0.2) is 39.4 Å². The second kappa shape index (κ2) is 5.50. The first-order chi connectivity index (χ1) is 9.95. The highest BCUT2D eigenvalue weighted by atomic mass is 16.3. The molecule has 1 fully saturated rings. The normalized spacial score (nSPS) is 29.2. The van der Waals surface area contributed by atoms with Crippen molar-refractivity contribution in [1.29, 1.82) is 0 Å². The number of aliphatic hydroxyl groups excluding tert-OH is 1. The molecule has 3 rings (SSSR count). The van der Waals surface area contributed by atoms with E-state index in [4.69, 9.17) is 0 Å². The van der Waals surface area contributed by atoms with Crippen LogP contribution in [0, 0.1) is 11.8 Å². The molecule has 3 N–H and O–H groups in total. The van der Waals surface area contributed by atoms with E-state index in [1.807, 2.05) is 0 Å². The van der Waals surface area contributed by atoms with Crippen molar-refractivity contribution < 1.29 is 15.3 Å². The molecule has 4 heteroatoms. The van der Waals surface area contributed by atoms with Crippen molar-refractivity contribution in [3.63, 3.8) is 0 Å².